The molecule has 0 spiro atoms. The number of rotatable bonds is 5. The zero-order valence-electron chi connectivity index (χ0n) is 16.8. The van der Waals surface area contributed by atoms with Gasteiger partial charge >= 0.3 is 6.09 Å². The van der Waals surface area contributed by atoms with Gasteiger partial charge in [0.1, 0.15) is 5.60 Å². The van der Waals surface area contributed by atoms with Gasteiger partial charge in [0.25, 0.3) is 5.91 Å². The summed E-state index contributed by atoms with van der Waals surface area (Å²) in [6.45, 7) is 7.40. The average Bonchev–Trinajstić information content (AvgIpc) is 2.64. The Balaban J connectivity index is 1.85. The van der Waals surface area contributed by atoms with E-state index in [1.54, 1.807) is 32.4 Å². The average molecular weight is 378 g/mol. The summed E-state index contributed by atoms with van der Waals surface area (Å²) in [6.07, 6.45) is 1.29. The van der Waals surface area contributed by atoms with E-state index in [2.05, 4.69) is 5.32 Å². The summed E-state index contributed by atoms with van der Waals surface area (Å²) < 4.78 is 15.7. The first kappa shape index (κ1) is 20.9. The number of carbonyl (C=O) groups is 2. The number of carbonyl (C=O) groups excluding carboxylic acids is 2. The molecule has 150 valence electrons. The van der Waals surface area contributed by atoms with Gasteiger partial charge in [0.05, 0.1) is 14.2 Å². The van der Waals surface area contributed by atoms with Crippen molar-refractivity contribution in [1.82, 2.24) is 10.2 Å². The Morgan fingerprint density at radius 1 is 1.11 bits per heavy atom. The maximum absolute atomic E-state index is 12.7. The molecule has 2 rings (SSSR count). The third kappa shape index (κ3) is 6.05. The highest BCUT2D eigenvalue weighted by atomic mass is 16.6. The molecule has 27 heavy (non-hydrogen) atoms. The van der Waals surface area contributed by atoms with E-state index in [-0.39, 0.29) is 5.91 Å². The Morgan fingerprint density at radius 3 is 2.30 bits per heavy atom. The molecule has 1 aromatic carbocycles. The smallest absolute Gasteiger partial charge is 0.407 e. The number of alkyl carbamates (subject to hydrolysis) is 1. The fourth-order valence-electron chi connectivity index (χ4n) is 3.03. The molecule has 0 radical (unpaired) electrons. The summed E-state index contributed by atoms with van der Waals surface area (Å²) in [7, 11) is 3.12. The summed E-state index contributed by atoms with van der Waals surface area (Å²) in [6, 6.07) is 5.20. The molecule has 0 unspecified atom stereocenters. The molecular formula is C20H30N2O5. The highest BCUT2D eigenvalue weighted by Gasteiger charge is 2.25. The number of ether oxygens (including phenoxy) is 3. The van der Waals surface area contributed by atoms with Crippen molar-refractivity contribution >= 4 is 12.0 Å². The second-order valence-electron chi connectivity index (χ2n) is 7.69. The van der Waals surface area contributed by atoms with Gasteiger partial charge in [0.2, 0.25) is 0 Å². The van der Waals surface area contributed by atoms with Crippen molar-refractivity contribution in [3.05, 3.63) is 23.8 Å². The second-order valence-corrected chi connectivity index (χ2v) is 7.69. The molecule has 2 amide bonds. The van der Waals surface area contributed by atoms with Crippen LogP contribution in [0.2, 0.25) is 0 Å². The van der Waals surface area contributed by atoms with Crippen LogP contribution in [0.4, 0.5) is 4.79 Å². The van der Waals surface area contributed by atoms with Crippen molar-refractivity contribution in [1.29, 1.82) is 0 Å². The minimum atomic E-state index is -0.501. The summed E-state index contributed by atoms with van der Waals surface area (Å²) >= 11 is 0. The van der Waals surface area contributed by atoms with Gasteiger partial charge in [-0.1, -0.05) is 0 Å². The molecule has 0 bridgehead atoms. The molecule has 1 N–H and O–H groups in total. The van der Waals surface area contributed by atoms with Crippen LogP contribution in [-0.4, -0.2) is 56.4 Å². The molecule has 0 aliphatic carbocycles. The fourth-order valence-corrected chi connectivity index (χ4v) is 3.03. The van der Waals surface area contributed by atoms with E-state index in [9.17, 15) is 9.59 Å². The zero-order chi connectivity index (χ0) is 20.0. The number of amides is 2. The van der Waals surface area contributed by atoms with E-state index >= 15 is 0 Å². The summed E-state index contributed by atoms with van der Waals surface area (Å²) in [5, 5.41) is 2.82. The summed E-state index contributed by atoms with van der Waals surface area (Å²) in [5.41, 5.74) is 0.0808. The number of hydrogen-bond acceptors (Lipinski definition) is 5. The van der Waals surface area contributed by atoms with Crippen LogP contribution in [0.25, 0.3) is 0 Å². The predicted octanol–water partition coefficient (Wildman–Crippen LogP) is 3.08. The lowest BCUT2D eigenvalue weighted by molar-refractivity contribution is 0.0500. The van der Waals surface area contributed by atoms with Gasteiger partial charge in [-0.2, -0.15) is 0 Å². The van der Waals surface area contributed by atoms with Crippen molar-refractivity contribution < 1.29 is 23.8 Å². The lowest BCUT2D eigenvalue weighted by atomic mass is 9.96. The Hall–Kier alpha value is -2.44. The minimum absolute atomic E-state index is 0.0190. The first-order valence-electron chi connectivity index (χ1n) is 9.21. The molecule has 1 aliphatic heterocycles. The highest BCUT2D eigenvalue weighted by molar-refractivity contribution is 5.95. The third-order valence-corrected chi connectivity index (χ3v) is 4.47. The van der Waals surface area contributed by atoms with E-state index in [1.807, 2.05) is 25.7 Å². The van der Waals surface area contributed by atoms with Gasteiger partial charge in [0, 0.05) is 25.2 Å². The fraction of sp³-hybridized carbons (Fsp3) is 0.600. The molecule has 7 heteroatoms. The van der Waals surface area contributed by atoms with Crippen LogP contribution < -0.4 is 14.8 Å². The van der Waals surface area contributed by atoms with Gasteiger partial charge in [0.15, 0.2) is 11.5 Å². The molecule has 1 heterocycles. The maximum Gasteiger partial charge on any atom is 0.407 e. The van der Waals surface area contributed by atoms with Gasteiger partial charge in [-0.3, -0.25) is 4.79 Å². The lowest BCUT2D eigenvalue weighted by Gasteiger charge is -2.32. The van der Waals surface area contributed by atoms with E-state index in [0.717, 1.165) is 12.8 Å². The Labute approximate surface area is 161 Å². The van der Waals surface area contributed by atoms with Crippen LogP contribution in [0, 0.1) is 5.92 Å². The van der Waals surface area contributed by atoms with Crippen molar-refractivity contribution in [2.24, 2.45) is 5.92 Å². The highest BCUT2D eigenvalue weighted by Crippen LogP contribution is 2.28. The predicted molar refractivity (Wildman–Crippen MR) is 102 cm³/mol. The quantitative estimate of drug-likeness (QED) is 0.852. The number of hydrogen-bond donors (Lipinski definition) is 1. The Bertz CT molecular complexity index is 661. The van der Waals surface area contributed by atoms with Crippen molar-refractivity contribution in [2.75, 3.05) is 33.9 Å². The normalized spacial score (nSPS) is 15.2. The zero-order valence-corrected chi connectivity index (χ0v) is 16.8. The molecule has 1 saturated heterocycles. The molecular weight excluding hydrogens is 348 g/mol. The number of likely N-dealkylation sites (tertiary alicyclic amines) is 1. The largest absolute Gasteiger partial charge is 0.493 e. The first-order chi connectivity index (χ1) is 12.7. The molecule has 1 aliphatic rings. The van der Waals surface area contributed by atoms with Crippen molar-refractivity contribution in [3.8, 4) is 11.5 Å². The monoisotopic (exact) mass is 378 g/mol. The number of nitrogens with one attached hydrogen (secondary N) is 1. The van der Waals surface area contributed by atoms with E-state index < -0.39 is 11.7 Å². The van der Waals surface area contributed by atoms with E-state index in [1.165, 1.54) is 0 Å². The SMILES string of the molecule is COc1ccc(C(=O)N2CCC(CNC(=O)OC(C)(C)C)CC2)cc1OC. The van der Waals surface area contributed by atoms with Gasteiger partial charge in [-0.05, 0) is 57.7 Å². The lowest BCUT2D eigenvalue weighted by Crippen LogP contribution is -2.42. The second kappa shape index (κ2) is 8.97. The molecule has 1 aromatic rings. The first-order valence-corrected chi connectivity index (χ1v) is 9.21. The summed E-state index contributed by atoms with van der Waals surface area (Å²) in [4.78, 5) is 26.3. The molecule has 7 nitrogen and oxygen atoms in total. The third-order valence-electron chi connectivity index (χ3n) is 4.47. The topological polar surface area (TPSA) is 77.1 Å². The van der Waals surface area contributed by atoms with Crippen LogP contribution >= 0.6 is 0 Å². The van der Waals surface area contributed by atoms with Crippen molar-refractivity contribution in [2.45, 2.75) is 39.2 Å². The van der Waals surface area contributed by atoms with Crippen LogP contribution in [0.5, 0.6) is 11.5 Å². The minimum Gasteiger partial charge on any atom is -0.493 e. The Morgan fingerprint density at radius 2 is 1.74 bits per heavy atom. The molecule has 0 saturated carbocycles. The van der Waals surface area contributed by atoms with Gasteiger partial charge in [-0.25, -0.2) is 4.79 Å². The van der Waals surface area contributed by atoms with Gasteiger partial charge < -0.3 is 24.4 Å². The molecule has 0 aromatic heterocycles. The number of nitrogens with zero attached hydrogens (tertiary/aromatic N) is 1. The van der Waals surface area contributed by atoms with Crippen molar-refractivity contribution in [3.63, 3.8) is 0 Å². The number of methoxy groups -OCH3 is 2. The van der Waals surface area contributed by atoms with Gasteiger partial charge in [-0.15, -0.1) is 0 Å². The van der Waals surface area contributed by atoms with E-state index in [0.29, 0.717) is 42.6 Å². The summed E-state index contributed by atoms with van der Waals surface area (Å²) in [5.74, 6) is 1.46. The molecule has 1 fully saturated rings. The number of piperidine rings is 1. The van der Waals surface area contributed by atoms with Crippen LogP contribution in [0.1, 0.15) is 44.0 Å². The number of benzene rings is 1. The van der Waals surface area contributed by atoms with Crippen LogP contribution in [0.3, 0.4) is 0 Å². The van der Waals surface area contributed by atoms with Crippen LogP contribution in [0.15, 0.2) is 18.2 Å². The maximum atomic E-state index is 12.7. The molecule has 0 atom stereocenters. The van der Waals surface area contributed by atoms with Crippen LogP contribution in [-0.2, 0) is 4.74 Å². The standard InChI is InChI=1S/C20H30N2O5/c1-20(2,3)27-19(24)21-13-14-8-10-22(11-9-14)18(23)15-6-7-16(25-4)17(12-15)26-5/h6-7,12,14H,8-11,13H2,1-5H3,(H,21,24). The Kier molecular flexibility index (Phi) is 6.93. The van der Waals surface area contributed by atoms with E-state index in [4.69, 9.17) is 14.2 Å².